The number of H-pyrrole nitrogens is 1. The Morgan fingerprint density at radius 1 is 0.917 bits per heavy atom. The van der Waals surface area contributed by atoms with Gasteiger partial charge in [-0.1, -0.05) is 30.3 Å². The number of pyridine rings is 1. The minimum atomic E-state index is -0.169. The van der Waals surface area contributed by atoms with Gasteiger partial charge in [0.15, 0.2) is 5.82 Å². The van der Waals surface area contributed by atoms with Crippen molar-refractivity contribution in [2.75, 3.05) is 13.7 Å². The van der Waals surface area contributed by atoms with Crippen molar-refractivity contribution < 1.29 is 14.3 Å². The normalized spacial score (nSPS) is 10.9. The van der Waals surface area contributed by atoms with Gasteiger partial charge in [0.2, 0.25) is 11.7 Å². The quantitative estimate of drug-likeness (QED) is 0.209. The number of imidazole rings is 1. The van der Waals surface area contributed by atoms with Crippen molar-refractivity contribution in [3.05, 3.63) is 114 Å². The summed E-state index contributed by atoms with van der Waals surface area (Å²) in [5.41, 5.74) is 4.32. The summed E-state index contributed by atoms with van der Waals surface area (Å²) in [6.45, 7) is 1.45. The zero-order valence-electron chi connectivity index (χ0n) is 19.9. The maximum absolute atomic E-state index is 12.9. The lowest BCUT2D eigenvalue weighted by molar-refractivity contribution is 0.103. The number of aromatic amines is 1. The number of hydrogen-bond donors (Lipinski definition) is 2. The minimum absolute atomic E-state index is 0.169. The number of hydrogen-bond acceptors (Lipinski definition) is 6. The molecule has 0 aliphatic rings. The van der Waals surface area contributed by atoms with Gasteiger partial charge in [-0.05, 0) is 73.1 Å². The van der Waals surface area contributed by atoms with Crippen LogP contribution in [0.1, 0.15) is 27.3 Å². The summed E-state index contributed by atoms with van der Waals surface area (Å²) in [7, 11) is 1.67. The van der Waals surface area contributed by atoms with Crippen molar-refractivity contribution >= 4 is 16.8 Å². The van der Waals surface area contributed by atoms with E-state index in [1.54, 1.807) is 37.6 Å². The van der Waals surface area contributed by atoms with Crippen molar-refractivity contribution in [3.8, 4) is 17.4 Å². The second kappa shape index (κ2) is 10.8. The number of methoxy groups -OCH3 is 1. The summed E-state index contributed by atoms with van der Waals surface area (Å²) >= 11 is 0. The van der Waals surface area contributed by atoms with Gasteiger partial charge in [-0.3, -0.25) is 4.79 Å². The van der Waals surface area contributed by atoms with Gasteiger partial charge in [0.1, 0.15) is 11.5 Å². The van der Waals surface area contributed by atoms with Crippen molar-refractivity contribution in [2.24, 2.45) is 0 Å². The predicted molar refractivity (Wildman–Crippen MR) is 139 cm³/mol. The molecule has 0 unspecified atom stereocenters. The fraction of sp³-hybridized carbons (Fsp3) is 0.138. The highest BCUT2D eigenvalue weighted by Crippen LogP contribution is 2.24. The first-order valence-electron chi connectivity index (χ1n) is 11.7. The number of ether oxygens (including phenoxy) is 2. The van der Waals surface area contributed by atoms with Gasteiger partial charge in [0.05, 0.1) is 18.1 Å². The van der Waals surface area contributed by atoms with Gasteiger partial charge in [0, 0.05) is 23.9 Å². The summed E-state index contributed by atoms with van der Waals surface area (Å²) in [5, 5.41) is 3.45. The summed E-state index contributed by atoms with van der Waals surface area (Å²) in [4.78, 5) is 24.7. The maximum atomic E-state index is 12.9. The third-order valence-electron chi connectivity index (χ3n) is 5.85. The molecule has 2 heterocycles. The van der Waals surface area contributed by atoms with Crippen molar-refractivity contribution in [1.82, 2.24) is 20.3 Å². The molecule has 7 heteroatoms. The first-order chi connectivity index (χ1) is 17.7. The van der Waals surface area contributed by atoms with Gasteiger partial charge in [-0.25, -0.2) is 9.97 Å². The van der Waals surface area contributed by atoms with E-state index in [-0.39, 0.29) is 5.78 Å². The van der Waals surface area contributed by atoms with E-state index in [9.17, 15) is 4.79 Å². The average molecular weight is 479 g/mol. The molecule has 0 fully saturated rings. The topological polar surface area (TPSA) is 89.1 Å². The molecular formula is C29H26N4O3. The van der Waals surface area contributed by atoms with Crippen LogP contribution >= 0.6 is 0 Å². The molecule has 5 aromatic rings. The average Bonchev–Trinajstić information content (AvgIpc) is 3.37. The van der Waals surface area contributed by atoms with Crippen LogP contribution in [0.3, 0.4) is 0 Å². The number of fused-ring (bicyclic) bond motifs is 1. The second-order valence-corrected chi connectivity index (χ2v) is 8.30. The Morgan fingerprint density at radius 3 is 2.47 bits per heavy atom. The molecule has 0 saturated heterocycles. The first kappa shape index (κ1) is 23.3. The molecule has 0 aliphatic heterocycles. The number of aromatic nitrogens is 3. The van der Waals surface area contributed by atoms with Gasteiger partial charge in [-0.2, -0.15) is 0 Å². The number of para-hydroxylation sites is 2. The van der Waals surface area contributed by atoms with Crippen LogP contribution in [0.25, 0.3) is 11.0 Å². The van der Waals surface area contributed by atoms with E-state index in [2.05, 4.69) is 32.4 Å². The van der Waals surface area contributed by atoms with Crippen LogP contribution in [0.4, 0.5) is 0 Å². The summed E-state index contributed by atoms with van der Waals surface area (Å²) in [5.74, 6) is 2.14. The molecule has 0 aliphatic carbocycles. The molecular weight excluding hydrogens is 452 g/mol. The van der Waals surface area contributed by atoms with Gasteiger partial charge in [-0.15, -0.1) is 0 Å². The number of rotatable bonds is 10. The Bertz CT molecular complexity index is 1430. The highest BCUT2D eigenvalue weighted by Gasteiger charge is 2.14. The Morgan fingerprint density at radius 2 is 1.69 bits per heavy atom. The fourth-order valence-electron chi connectivity index (χ4n) is 3.88. The Kier molecular flexibility index (Phi) is 7.00. The molecule has 0 bridgehead atoms. The number of carbonyl (C=O) groups excluding carboxylic acids is 1. The fourth-order valence-corrected chi connectivity index (χ4v) is 3.88. The molecule has 7 nitrogen and oxygen atoms in total. The first-order valence-corrected chi connectivity index (χ1v) is 11.7. The van der Waals surface area contributed by atoms with Crippen molar-refractivity contribution in [1.29, 1.82) is 0 Å². The highest BCUT2D eigenvalue weighted by molar-refractivity contribution is 6.08. The van der Waals surface area contributed by atoms with E-state index in [1.165, 1.54) is 5.56 Å². The number of benzene rings is 3. The lowest BCUT2D eigenvalue weighted by atomic mass is 10.1. The molecule has 180 valence electrons. The van der Waals surface area contributed by atoms with Crippen LogP contribution in [-0.4, -0.2) is 34.4 Å². The number of nitrogens with one attached hydrogen (secondary N) is 2. The molecule has 0 spiro atoms. The Balaban J connectivity index is 1.19. The molecule has 2 N–H and O–H groups in total. The summed E-state index contributed by atoms with van der Waals surface area (Å²) in [6, 6.07) is 26.5. The Labute approximate surface area is 209 Å². The third-order valence-corrected chi connectivity index (χ3v) is 5.85. The Hall–Kier alpha value is -4.49. The molecule has 2 aromatic heterocycles. The van der Waals surface area contributed by atoms with E-state index in [1.807, 2.05) is 48.5 Å². The third kappa shape index (κ3) is 5.42. The number of nitrogens with zero attached hydrogens (tertiary/aromatic N) is 2. The van der Waals surface area contributed by atoms with Crippen molar-refractivity contribution in [3.63, 3.8) is 0 Å². The van der Waals surface area contributed by atoms with E-state index in [4.69, 9.17) is 9.47 Å². The molecule has 0 amide bonds. The lowest BCUT2D eigenvalue weighted by Crippen LogP contribution is -2.17. The molecule has 36 heavy (non-hydrogen) atoms. The molecule has 3 aromatic carbocycles. The van der Waals surface area contributed by atoms with Gasteiger partial charge in [0.25, 0.3) is 0 Å². The van der Waals surface area contributed by atoms with Crippen LogP contribution in [0.15, 0.2) is 91.1 Å². The smallest absolute Gasteiger partial charge is 0.228 e. The van der Waals surface area contributed by atoms with E-state index in [0.29, 0.717) is 29.6 Å². The zero-order valence-corrected chi connectivity index (χ0v) is 19.9. The van der Waals surface area contributed by atoms with E-state index < -0.39 is 0 Å². The summed E-state index contributed by atoms with van der Waals surface area (Å²) in [6.07, 6.45) is 2.61. The maximum Gasteiger partial charge on any atom is 0.228 e. The largest absolute Gasteiger partial charge is 0.497 e. The molecule has 0 radical (unpaired) electrons. The van der Waals surface area contributed by atoms with E-state index >= 15 is 0 Å². The second-order valence-electron chi connectivity index (χ2n) is 8.30. The number of carbonyl (C=O) groups is 1. The van der Waals surface area contributed by atoms with Gasteiger partial charge >= 0.3 is 0 Å². The predicted octanol–water partition coefficient (Wildman–Crippen LogP) is 5.32. The van der Waals surface area contributed by atoms with Crippen LogP contribution in [0, 0.1) is 0 Å². The van der Waals surface area contributed by atoms with Crippen LogP contribution in [0.5, 0.6) is 17.4 Å². The minimum Gasteiger partial charge on any atom is -0.497 e. The highest BCUT2D eigenvalue weighted by atomic mass is 16.5. The lowest BCUT2D eigenvalue weighted by Gasteiger charge is -2.11. The zero-order chi connectivity index (χ0) is 24.7. The molecule has 0 saturated carbocycles. The standard InChI is InChI=1S/C29H26N4O3/c1-35-23-12-8-20(9-13-23)16-18-30-19-22-5-4-17-31-29(22)36-24-14-10-21(11-15-24)27(34)28-32-25-6-2-3-7-26(25)33-28/h2-15,17,30H,16,18-19H2,1H3,(H,32,33). The van der Waals surface area contributed by atoms with Crippen LogP contribution < -0.4 is 14.8 Å². The van der Waals surface area contributed by atoms with Crippen molar-refractivity contribution in [2.45, 2.75) is 13.0 Å². The van der Waals surface area contributed by atoms with Gasteiger partial charge < -0.3 is 19.8 Å². The van der Waals surface area contributed by atoms with E-state index in [0.717, 1.165) is 35.3 Å². The molecule has 0 atom stereocenters. The molecule has 5 rings (SSSR count). The summed E-state index contributed by atoms with van der Waals surface area (Å²) < 4.78 is 11.2. The number of ketones is 1. The SMILES string of the molecule is COc1ccc(CCNCc2cccnc2Oc2ccc(C(=O)c3nc4ccccc4[nH]3)cc2)cc1. The van der Waals surface area contributed by atoms with Crippen LogP contribution in [0.2, 0.25) is 0 Å². The monoisotopic (exact) mass is 478 g/mol. The van der Waals surface area contributed by atoms with Crippen LogP contribution in [-0.2, 0) is 13.0 Å².